The number of nitrogens with one attached hydrogen (secondary N) is 1. The summed E-state index contributed by atoms with van der Waals surface area (Å²) in [5.74, 6) is -12.5. The van der Waals surface area contributed by atoms with Crippen LogP contribution in [0.25, 0.3) is 6.08 Å². The van der Waals surface area contributed by atoms with Crippen LogP contribution in [0.2, 0.25) is 0 Å². The quantitative estimate of drug-likeness (QED) is 0.135. The SMILES string of the molecule is COc1ccc(NS(=O)(=O)C(C#N)=Cc2c(F)c(F)c(F)c(F)c2F)cc1OS(=O)(=O)c1ccc(C)cc1. The van der Waals surface area contributed by atoms with Gasteiger partial charge in [0.2, 0.25) is 5.82 Å². The number of nitrogens with zero attached hydrogens (tertiary/aromatic N) is 1. The van der Waals surface area contributed by atoms with Crippen molar-refractivity contribution in [3.8, 4) is 17.6 Å². The Kier molecular flexibility index (Phi) is 7.98. The largest absolute Gasteiger partial charge is 0.493 e. The van der Waals surface area contributed by atoms with Gasteiger partial charge in [0.25, 0.3) is 10.0 Å². The zero-order chi connectivity index (χ0) is 28.4. The molecule has 0 aliphatic carbocycles. The number of rotatable bonds is 8. The Balaban J connectivity index is 2.01. The number of benzene rings is 3. The lowest BCUT2D eigenvalue weighted by Gasteiger charge is -2.13. The van der Waals surface area contributed by atoms with Crippen molar-refractivity contribution >= 4 is 31.9 Å². The maximum atomic E-state index is 14.0. The fourth-order valence-corrected chi connectivity index (χ4v) is 4.81. The van der Waals surface area contributed by atoms with Crippen molar-refractivity contribution in [3.05, 3.63) is 87.6 Å². The summed E-state index contributed by atoms with van der Waals surface area (Å²) in [6.45, 7) is 1.73. The van der Waals surface area contributed by atoms with E-state index in [9.17, 15) is 44.0 Å². The molecule has 0 atom stereocenters. The first-order chi connectivity index (χ1) is 17.7. The minimum atomic E-state index is -5.00. The van der Waals surface area contributed by atoms with Crippen LogP contribution >= 0.6 is 0 Å². The molecule has 0 radical (unpaired) electrons. The van der Waals surface area contributed by atoms with Gasteiger partial charge in [0, 0.05) is 6.07 Å². The van der Waals surface area contributed by atoms with Gasteiger partial charge in [-0.25, -0.2) is 30.4 Å². The topological polar surface area (TPSA) is 123 Å². The lowest BCUT2D eigenvalue weighted by molar-refractivity contribution is 0.377. The van der Waals surface area contributed by atoms with Crippen molar-refractivity contribution in [3.63, 3.8) is 0 Å². The van der Waals surface area contributed by atoms with Crippen molar-refractivity contribution in [2.24, 2.45) is 0 Å². The van der Waals surface area contributed by atoms with Crippen molar-refractivity contribution in [2.45, 2.75) is 11.8 Å². The van der Waals surface area contributed by atoms with Crippen LogP contribution in [0.3, 0.4) is 0 Å². The second kappa shape index (κ2) is 10.7. The summed E-state index contributed by atoms with van der Waals surface area (Å²) in [6, 6.07) is 9.72. The predicted octanol–water partition coefficient (Wildman–Crippen LogP) is 4.77. The number of sulfonamides is 1. The Hall–Kier alpha value is -4.16. The number of ether oxygens (including phenoxy) is 1. The van der Waals surface area contributed by atoms with Gasteiger partial charge in [0.1, 0.15) is 11.0 Å². The van der Waals surface area contributed by atoms with Crippen LogP contribution in [0.1, 0.15) is 11.1 Å². The van der Waals surface area contributed by atoms with E-state index in [4.69, 9.17) is 8.92 Å². The molecule has 8 nitrogen and oxygen atoms in total. The third kappa shape index (κ3) is 5.71. The molecule has 0 heterocycles. The molecule has 0 aliphatic heterocycles. The lowest BCUT2D eigenvalue weighted by atomic mass is 10.1. The van der Waals surface area contributed by atoms with Gasteiger partial charge in [-0.15, -0.1) is 0 Å². The normalized spacial score (nSPS) is 12.1. The number of allylic oxidation sites excluding steroid dienone is 1. The third-order valence-corrected chi connectivity index (χ3v) is 7.38. The number of hydrogen-bond acceptors (Lipinski definition) is 7. The van der Waals surface area contributed by atoms with E-state index >= 15 is 0 Å². The first kappa shape index (κ1) is 28.4. The molecule has 0 aliphatic rings. The highest BCUT2D eigenvalue weighted by molar-refractivity contribution is 7.97. The maximum absolute atomic E-state index is 14.0. The fraction of sp³-hybridized carbons (Fsp3) is 0.0870. The molecule has 3 aromatic rings. The number of nitriles is 1. The Morgan fingerprint density at radius 2 is 1.42 bits per heavy atom. The average molecular weight is 575 g/mol. The Labute approximate surface area is 213 Å². The molecular weight excluding hydrogens is 559 g/mol. The standard InChI is InChI=1S/C23H15F5N2O6S2/c1-12-3-6-14(7-4-12)38(33,34)36-18-9-13(5-8-17(18)35-2)30-37(31,32)15(11-29)10-16-19(24)21(26)23(28)22(27)20(16)25/h3-10,30H,1-2H3. The molecule has 0 bridgehead atoms. The van der Waals surface area contributed by atoms with Crippen LogP contribution in [0, 0.1) is 47.3 Å². The Bertz CT molecular complexity index is 1670. The number of aryl methyl sites for hydroxylation is 1. The maximum Gasteiger partial charge on any atom is 0.339 e. The summed E-state index contributed by atoms with van der Waals surface area (Å²) < 4.78 is 131. The first-order valence-corrected chi connectivity index (χ1v) is 13.0. The molecule has 0 unspecified atom stereocenters. The Morgan fingerprint density at radius 3 is 1.95 bits per heavy atom. The minimum Gasteiger partial charge on any atom is -0.493 e. The van der Waals surface area contributed by atoms with Gasteiger partial charge >= 0.3 is 10.1 Å². The zero-order valence-corrected chi connectivity index (χ0v) is 20.9. The summed E-state index contributed by atoms with van der Waals surface area (Å²) in [5.41, 5.74) is -1.30. The molecular formula is C23H15F5N2O6S2. The molecule has 1 N–H and O–H groups in total. The average Bonchev–Trinajstić information content (AvgIpc) is 2.86. The summed E-state index contributed by atoms with van der Waals surface area (Å²) in [5, 5.41) is 9.24. The lowest BCUT2D eigenvalue weighted by Crippen LogP contribution is -2.15. The van der Waals surface area contributed by atoms with Gasteiger partial charge in [-0.05, 0) is 37.3 Å². The van der Waals surface area contributed by atoms with Gasteiger partial charge in [0.15, 0.2) is 39.7 Å². The van der Waals surface area contributed by atoms with Crippen molar-refractivity contribution < 1.29 is 47.7 Å². The zero-order valence-electron chi connectivity index (χ0n) is 19.2. The Morgan fingerprint density at radius 1 is 0.868 bits per heavy atom. The first-order valence-electron chi connectivity index (χ1n) is 10.1. The molecule has 0 saturated carbocycles. The molecule has 0 fully saturated rings. The van der Waals surface area contributed by atoms with Crippen LogP contribution in [-0.4, -0.2) is 23.9 Å². The van der Waals surface area contributed by atoms with E-state index in [1.807, 2.05) is 4.72 Å². The van der Waals surface area contributed by atoms with E-state index in [-0.39, 0.29) is 16.7 Å². The van der Waals surface area contributed by atoms with Crippen LogP contribution in [0.15, 0.2) is 52.3 Å². The van der Waals surface area contributed by atoms with Gasteiger partial charge in [-0.3, -0.25) is 4.72 Å². The van der Waals surface area contributed by atoms with E-state index in [2.05, 4.69) is 0 Å². The number of anilines is 1. The summed E-state index contributed by atoms with van der Waals surface area (Å²) >= 11 is 0. The van der Waals surface area contributed by atoms with Crippen LogP contribution in [0.5, 0.6) is 11.5 Å². The predicted molar refractivity (Wildman–Crippen MR) is 124 cm³/mol. The van der Waals surface area contributed by atoms with E-state index < -0.39 is 71.1 Å². The molecule has 0 amide bonds. The second-order valence-corrected chi connectivity index (χ2v) is 10.6. The monoisotopic (exact) mass is 574 g/mol. The fourth-order valence-electron chi connectivity index (χ4n) is 2.94. The smallest absolute Gasteiger partial charge is 0.339 e. The number of halogens is 5. The minimum absolute atomic E-state index is 0.0403. The molecule has 3 rings (SSSR count). The van der Waals surface area contributed by atoms with Crippen molar-refractivity contribution in [1.82, 2.24) is 0 Å². The van der Waals surface area contributed by atoms with Gasteiger partial charge in [0.05, 0.1) is 18.4 Å². The van der Waals surface area contributed by atoms with Crippen LogP contribution in [0.4, 0.5) is 27.6 Å². The molecule has 0 aromatic heterocycles. The van der Waals surface area contributed by atoms with E-state index in [0.29, 0.717) is 0 Å². The van der Waals surface area contributed by atoms with Crippen LogP contribution < -0.4 is 13.6 Å². The molecule has 0 saturated heterocycles. The van der Waals surface area contributed by atoms with E-state index in [0.717, 1.165) is 29.8 Å². The van der Waals surface area contributed by atoms with E-state index in [1.54, 1.807) is 6.92 Å². The summed E-state index contributed by atoms with van der Waals surface area (Å²) in [6.07, 6.45) is -0.0403. The van der Waals surface area contributed by atoms with Crippen molar-refractivity contribution in [1.29, 1.82) is 5.26 Å². The number of hydrogen-bond donors (Lipinski definition) is 1. The van der Waals surface area contributed by atoms with Gasteiger partial charge < -0.3 is 8.92 Å². The van der Waals surface area contributed by atoms with Gasteiger partial charge in [-0.1, -0.05) is 17.7 Å². The molecule has 3 aromatic carbocycles. The molecule has 15 heteroatoms. The van der Waals surface area contributed by atoms with Crippen molar-refractivity contribution in [2.75, 3.05) is 11.8 Å². The summed E-state index contributed by atoms with van der Waals surface area (Å²) in [4.78, 5) is -1.65. The highest BCUT2D eigenvalue weighted by Gasteiger charge is 2.28. The number of methoxy groups -OCH3 is 1. The summed E-state index contributed by atoms with van der Waals surface area (Å²) in [7, 11) is -8.24. The molecule has 38 heavy (non-hydrogen) atoms. The molecule has 0 spiro atoms. The van der Waals surface area contributed by atoms with E-state index in [1.165, 1.54) is 31.4 Å². The highest BCUT2D eigenvalue weighted by Crippen LogP contribution is 2.34. The second-order valence-electron chi connectivity index (χ2n) is 7.43. The highest BCUT2D eigenvalue weighted by atomic mass is 32.2. The van der Waals surface area contributed by atoms with Gasteiger partial charge in [-0.2, -0.15) is 13.7 Å². The molecule has 200 valence electrons. The van der Waals surface area contributed by atoms with Crippen LogP contribution in [-0.2, 0) is 20.1 Å². The third-order valence-electron chi connectivity index (χ3n) is 4.84.